The van der Waals surface area contributed by atoms with E-state index >= 15 is 0 Å². The molecule has 0 unspecified atom stereocenters. The first kappa shape index (κ1) is 17.0. The van der Waals surface area contributed by atoms with E-state index in [1.54, 1.807) is 0 Å². The SMILES string of the molecule is C/C=C\C.CC.CCCCC. The van der Waals surface area contributed by atoms with E-state index < -0.39 is 0 Å². The molecule has 0 heterocycles. The van der Waals surface area contributed by atoms with Gasteiger partial charge in [0.2, 0.25) is 0 Å². The predicted molar refractivity (Wildman–Crippen MR) is 57.0 cm³/mol. The molecule has 0 saturated heterocycles. The van der Waals surface area contributed by atoms with E-state index in [1.165, 1.54) is 19.3 Å². The van der Waals surface area contributed by atoms with E-state index in [1.807, 2.05) is 39.8 Å². The highest BCUT2D eigenvalue weighted by atomic mass is 13.7. The Morgan fingerprint density at radius 2 is 1.09 bits per heavy atom. The van der Waals surface area contributed by atoms with E-state index in [2.05, 4.69) is 13.8 Å². The first-order valence-corrected chi connectivity index (χ1v) is 4.90. The average Bonchev–Trinajstić information content (AvgIpc) is 2.10. The molecule has 0 nitrogen and oxygen atoms in total. The van der Waals surface area contributed by atoms with E-state index in [4.69, 9.17) is 0 Å². The van der Waals surface area contributed by atoms with Gasteiger partial charge < -0.3 is 0 Å². The van der Waals surface area contributed by atoms with Gasteiger partial charge in [0.1, 0.15) is 0 Å². The lowest BCUT2D eigenvalue weighted by atomic mass is 10.3. The first-order chi connectivity index (χ1) is 5.33. The summed E-state index contributed by atoms with van der Waals surface area (Å²) in [5, 5.41) is 0. The second-order valence-corrected chi connectivity index (χ2v) is 2.02. The van der Waals surface area contributed by atoms with Crippen molar-refractivity contribution in [3.63, 3.8) is 0 Å². The van der Waals surface area contributed by atoms with E-state index in [-0.39, 0.29) is 0 Å². The molecule has 0 aliphatic carbocycles. The number of rotatable bonds is 2. The second kappa shape index (κ2) is 33.1. The maximum Gasteiger partial charge on any atom is -0.0470 e. The highest BCUT2D eigenvalue weighted by molar-refractivity contribution is 4.68. The lowest BCUT2D eigenvalue weighted by molar-refractivity contribution is 0.772. The Balaban J connectivity index is -0.0000000965. The maximum atomic E-state index is 2.21. The summed E-state index contributed by atoms with van der Waals surface area (Å²) >= 11 is 0. The molecule has 0 aliphatic heterocycles. The van der Waals surface area contributed by atoms with Crippen molar-refractivity contribution in [2.75, 3.05) is 0 Å². The van der Waals surface area contributed by atoms with Crippen LogP contribution >= 0.6 is 0 Å². The van der Waals surface area contributed by atoms with Crippen LogP contribution in [0.25, 0.3) is 0 Å². The molecule has 11 heavy (non-hydrogen) atoms. The largest absolute Gasteiger partial charge is 0.0919 e. The fraction of sp³-hybridized carbons (Fsp3) is 0.818. The molecule has 0 spiro atoms. The number of hydrogen-bond acceptors (Lipinski definition) is 0. The first-order valence-electron chi connectivity index (χ1n) is 4.90. The van der Waals surface area contributed by atoms with Crippen molar-refractivity contribution in [2.45, 2.75) is 60.8 Å². The molecule has 0 aromatic heterocycles. The predicted octanol–water partition coefficient (Wildman–Crippen LogP) is 4.81. The van der Waals surface area contributed by atoms with Crippen LogP contribution in [0.1, 0.15) is 60.8 Å². The van der Waals surface area contributed by atoms with Crippen molar-refractivity contribution >= 4 is 0 Å². The molecule has 0 radical (unpaired) electrons. The summed E-state index contributed by atoms with van der Waals surface area (Å²) in [4.78, 5) is 0. The van der Waals surface area contributed by atoms with Crippen molar-refractivity contribution < 1.29 is 0 Å². The molecule has 0 aliphatic rings. The third-order valence-electron chi connectivity index (χ3n) is 1.04. The van der Waals surface area contributed by atoms with Gasteiger partial charge in [-0.15, -0.1) is 0 Å². The molecule has 0 N–H and O–H groups in total. The van der Waals surface area contributed by atoms with Gasteiger partial charge in [-0.2, -0.15) is 0 Å². The third-order valence-corrected chi connectivity index (χ3v) is 1.04. The molecule has 0 rings (SSSR count). The van der Waals surface area contributed by atoms with Crippen LogP contribution in [0.2, 0.25) is 0 Å². The van der Waals surface area contributed by atoms with Gasteiger partial charge in [0.05, 0.1) is 0 Å². The molecule has 0 aromatic rings. The molecule has 0 bridgehead atoms. The van der Waals surface area contributed by atoms with Crippen molar-refractivity contribution in [2.24, 2.45) is 0 Å². The Hall–Kier alpha value is -0.260. The normalized spacial score (nSPS) is 7.82. The van der Waals surface area contributed by atoms with E-state index in [0.29, 0.717) is 0 Å². The van der Waals surface area contributed by atoms with Gasteiger partial charge in [0.15, 0.2) is 0 Å². The molecular formula is C11H26. The summed E-state index contributed by atoms with van der Waals surface area (Å²) in [7, 11) is 0. The zero-order valence-electron chi connectivity index (χ0n) is 9.28. The highest BCUT2D eigenvalue weighted by Crippen LogP contribution is 1.88. The Morgan fingerprint density at radius 1 is 0.818 bits per heavy atom. The monoisotopic (exact) mass is 158 g/mol. The standard InChI is InChI=1S/C5H12.C4H8.C2H6/c1-3-5-4-2;1-3-4-2;1-2/h3-5H2,1-2H3;3-4H,1-2H3;1-2H3/b;4-3-;. The lowest BCUT2D eigenvalue weighted by Gasteiger charge is -1.79. The Labute approximate surface area is 73.7 Å². The molecule has 0 fully saturated rings. The van der Waals surface area contributed by atoms with Crippen LogP contribution in [0.5, 0.6) is 0 Å². The van der Waals surface area contributed by atoms with E-state index in [0.717, 1.165) is 0 Å². The van der Waals surface area contributed by atoms with Crippen LogP contribution in [0.4, 0.5) is 0 Å². The number of hydrogen-bond donors (Lipinski definition) is 0. The molecule has 0 heteroatoms. The Bertz CT molecular complexity index is 38.0. The quantitative estimate of drug-likeness (QED) is 0.506. The summed E-state index contributed by atoms with van der Waals surface area (Å²) in [6.07, 6.45) is 8.08. The van der Waals surface area contributed by atoms with Crippen LogP contribution in [0.15, 0.2) is 12.2 Å². The Kier molecular flexibility index (Phi) is 51.2. The summed E-state index contributed by atoms with van der Waals surface area (Å²) in [6, 6.07) is 0. The average molecular weight is 158 g/mol. The van der Waals surface area contributed by atoms with Crippen LogP contribution in [-0.2, 0) is 0 Å². The van der Waals surface area contributed by atoms with Crippen molar-refractivity contribution in [1.29, 1.82) is 0 Å². The fourth-order valence-corrected chi connectivity index (χ4v) is 0.354. The van der Waals surface area contributed by atoms with Crippen molar-refractivity contribution in [3.05, 3.63) is 12.2 Å². The number of allylic oxidation sites excluding steroid dienone is 2. The second-order valence-electron chi connectivity index (χ2n) is 2.02. The van der Waals surface area contributed by atoms with Crippen LogP contribution in [0.3, 0.4) is 0 Å². The Morgan fingerprint density at radius 3 is 1.09 bits per heavy atom. The summed E-state index contributed by atoms with van der Waals surface area (Å²) in [5.41, 5.74) is 0. The van der Waals surface area contributed by atoms with Gasteiger partial charge >= 0.3 is 0 Å². The van der Waals surface area contributed by atoms with Crippen LogP contribution in [-0.4, -0.2) is 0 Å². The lowest BCUT2D eigenvalue weighted by Crippen LogP contribution is -1.59. The zero-order chi connectivity index (χ0) is 9.54. The maximum absolute atomic E-state index is 2.21. The molecule has 0 aromatic carbocycles. The minimum atomic E-state index is 1.34. The van der Waals surface area contributed by atoms with Crippen LogP contribution < -0.4 is 0 Å². The molecule has 70 valence electrons. The minimum absolute atomic E-state index is 1.34. The molecule has 0 saturated carbocycles. The minimum Gasteiger partial charge on any atom is -0.0919 e. The summed E-state index contributed by atoms with van der Waals surface area (Å²) < 4.78 is 0. The fourth-order valence-electron chi connectivity index (χ4n) is 0.354. The van der Waals surface area contributed by atoms with Gasteiger partial charge in [0.25, 0.3) is 0 Å². The molecule has 0 amide bonds. The zero-order valence-corrected chi connectivity index (χ0v) is 9.28. The van der Waals surface area contributed by atoms with Crippen LogP contribution in [0, 0.1) is 0 Å². The van der Waals surface area contributed by atoms with Crippen molar-refractivity contribution in [3.8, 4) is 0 Å². The summed E-state index contributed by atoms with van der Waals surface area (Å²) in [5.74, 6) is 0. The third kappa shape index (κ3) is 77.7. The topological polar surface area (TPSA) is 0 Å². The van der Waals surface area contributed by atoms with Gasteiger partial charge in [0, 0.05) is 0 Å². The molecular weight excluding hydrogens is 132 g/mol. The van der Waals surface area contributed by atoms with Gasteiger partial charge in [-0.25, -0.2) is 0 Å². The highest BCUT2D eigenvalue weighted by Gasteiger charge is 1.68. The smallest absolute Gasteiger partial charge is 0.0470 e. The number of unbranched alkanes of at least 4 members (excludes halogenated alkanes) is 2. The van der Waals surface area contributed by atoms with Crippen molar-refractivity contribution in [1.82, 2.24) is 0 Å². The van der Waals surface area contributed by atoms with Gasteiger partial charge in [-0.3, -0.25) is 0 Å². The molecule has 0 atom stereocenters. The van der Waals surface area contributed by atoms with E-state index in [9.17, 15) is 0 Å². The van der Waals surface area contributed by atoms with Gasteiger partial charge in [-0.05, 0) is 13.8 Å². The van der Waals surface area contributed by atoms with Gasteiger partial charge in [-0.1, -0.05) is 59.1 Å². The summed E-state index contributed by atoms with van der Waals surface area (Å²) in [6.45, 7) is 12.4.